The number of benzene rings is 2. The van der Waals surface area contributed by atoms with E-state index < -0.39 is 0 Å². The lowest BCUT2D eigenvalue weighted by Gasteiger charge is -2.36. The van der Waals surface area contributed by atoms with Gasteiger partial charge in [0.25, 0.3) is 0 Å². The van der Waals surface area contributed by atoms with Crippen molar-refractivity contribution in [1.29, 1.82) is 0 Å². The number of anilines is 2. The van der Waals surface area contributed by atoms with Crippen LogP contribution in [-0.4, -0.2) is 25.1 Å². The number of carbonyl (C=O) groups is 1. The third kappa shape index (κ3) is 3.53. The summed E-state index contributed by atoms with van der Waals surface area (Å²) in [6.07, 6.45) is 2.14. The fourth-order valence-electron chi connectivity index (χ4n) is 3.20. The molecule has 1 heterocycles. The third-order valence-corrected chi connectivity index (χ3v) is 4.44. The summed E-state index contributed by atoms with van der Waals surface area (Å²) in [7, 11) is 0. The van der Waals surface area contributed by atoms with Gasteiger partial charge in [-0.25, -0.2) is 0 Å². The van der Waals surface area contributed by atoms with Crippen LogP contribution in [0.5, 0.6) is 5.75 Å². The van der Waals surface area contributed by atoms with Gasteiger partial charge in [-0.1, -0.05) is 30.3 Å². The van der Waals surface area contributed by atoms with Gasteiger partial charge in [-0.15, -0.1) is 0 Å². The van der Waals surface area contributed by atoms with Gasteiger partial charge in [0.1, 0.15) is 5.75 Å². The molecule has 0 saturated carbocycles. The number of para-hydroxylation sites is 3. The van der Waals surface area contributed by atoms with Crippen molar-refractivity contribution in [1.82, 2.24) is 0 Å². The molecule has 24 heavy (non-hydrogen) atoms. The highest BCUT2D eigenvalue weighted by molar-refractivity contribution is 5.95. The van der Waals surface area contributed by atoms with Gasteiger partial charge in [0.05, 0.1) is 18.8 Å². The molecule has 1 aliphatic rings. The molecule has 3 rings (SSSR count). The van der Waals surface area contributed by atoms with Crippen molar-refractivity contribution in [2.75, 3.05) is 23.4 Å². The summed E-state index contributed by atoms with van der Waals surface area (Å²) in [6.45, 7) is 5.03. The summed E-state index contributed by atoms with van der Waals surface area (Å²) in [5, 5.41) is 2.99. The van der Waals surface area contributed by atoms with E-state index in [1.807, 2.05) is 37.3 Å². The molecular formula is C20H24N2O2. The lowest BCUT2D eigenvalue weighted by molar-refractivity contribution is -0.115. The maximum atomic E-state index is 12.6. The van der Waals surface area contributed by atoms with Crippen molar-refractivity contribution in [2.24, 2.45) is 0 Å². The molecule has 4 heteroatoms. The number of rotatable bonds is 5. The lowest BCUT2D eigenvalue weighted by atomic mass is 9.96. The number of nitrogens with zero attached hydrogens (tertiary/aromatic N) is 1. The van der Waals surface area contributed by atoms with Crippen molar-refractivity contribution < 1.29 is 9.53 Å². The zero-order chi connectivity index (χ0) is 16.9. The van der Waals surface area contributed by atoms with Gasteiger partial charge in [0.2, 0.25) is 5.91 Å². The minimum absolute atomic E-state index is 0.0225. The Morgan fingerprint density at radius 1 is 1.21 bits per heavy atom. The normalized spacial score (nSPS) is 16.4. The molecule has 0 aliphatic carbocycles. The SMILES string of the molecule is CCOc1ccccc1NC(=O)CN1c2ccccc2CC[C@H]1C. The highest BCUT2D eigenvalue weighted by Gasteiger charge is 2.24. The number of hydrogen-bond donors (Lipinski definition) is 1. The van der Waals surface area contributed by atoms with Crippen LogP contribution in [0.3, 0.4) is 0 Å². The first kappa shape index (κ1) is 16.4. The summed E-state index contributed by atoms with van der Waals surface area (Å²) in [4.78, 5) is 14.8. The molecule has 4 nitrogen and oxygen atoms in total. The second kappa shape index (κ2) is 7.39. The monoisotopic (exact) mass is 324 g/mol. The van der Waals surface area contributed by atoms with E-state index in [2.05, 4.69) is 35.3 Å². The second-order valence-corrected chi connectivity index (χ2v) is 6.12. The van der Waals surface area contributed by atoms with Crippen molar-refractivity contribution in [3.63, 3.8) is 0 Å². The van der Waals surface area contributed by atoms with E-state index in [0.717, 1.165) is 18.5 Å². The smallest absolute Gasteiger partial charge is 0.244 e. The molecule has 1 amide bonds. The van der Waals surface area contributed by atoms with Gasteiger partial charge < -0.3 is 15.0 Å². The topological polar surface area (TPSA) is 41.6 Å². The Kier molecular flexibility index (Phi) is 5.04. The molecule has 0 aromatic heterocycles. The summed E-state index contributed by atoms with van der Waals surface area (Å²) in [5.41, 5.74) is 3.21. The Morgan fingerprint density at radius 3 is 2.79 bits per heavy atom. The van der Waals surface area contributed by atoms with Crippen molar-refractivity contribution in [3.8, 4) is 5.75 Å². The summed E-state index contributed by atoms with van der Waals surface area (Å²) in [6, 6.07) is 16.3. The molecule has 1 N–H and O–H groups in total. The first-order chi connectivity index (χ1) is 11.7. The number of aryl methyl sites for hydroxylation is 1. The number of hydrogen-bond acceptors (Lipinski definition) is 3. The van der Waals surface area contributed by atoms with E-state index in [0.29, 0.717) is 24.9 Å². The third-order valence-electron chi connectivity index (χ3n) is 4.44. The number of nitrogens with one attached hydrogen (secondary N) is 1. The molecular weight excluding hydrogens is 300 g/mol. The van der Waals surface area contributed by atoms with Crippen molar-refractivity contribution >= 4 is 17.3 Å². The Morgan fingerprint density at radius 2 is 1.96 bits per heavy atom. The maximum absolute atomic E-state index is 12.6. The average Bonchev–Trinajstić information content (AvgIpc) is 2.59. The van der Waals surface area contributed by atoms with Crippen molar-refractivity contribution in [3.05, 3.63) is 54.1 Å². The second-order valence-electron chi connectivity index (χ2n) is 6.12. The fourth-order valence-corrected chi connectivity index (χ4v) is 3.20. The van der Waals surface area contributed by atoms with E-state index in [-0.39, 0.29) is 5.91 Å². The van der Waals surface area contributed by atoms with E-state index in [9.17, 15) is 4.79 Å². The average molecular weight is 324 g/mol. The molecule has 0 bridgehead atoms. The molecule has 1 aliphatic heterocycles. The maximum Gasteiger partial charge on any atom is 0.244 e. The predicted molar refractivity (Wildman–Crippen MR) is 97.8 cm³/mol. The number of carbonyl (C=O) groups excluding carboxylic acids is 1. The Balaban J connectivity index is 1.74. The van der Waals surface area contributed by atoms with Crippen LogP contribution in [0.2, 0.25) is 0 Å². The van der Waals surface area contributed by atoms with Crippen LogP contribution in [0.4, 0.5) is 11.4 Å². The van der Waals surface area contributed by atoms with Crippen LogP contribution in [0, 0.1) is 0 Å². The lowest BCUT2D eigenvalue weighted by Crippen LogP contribution is -2.42. The summed E-state index contributed by atoms with van der Waals surface area (Å²) >= 11 is 0. The Bertz CT molecular complexity index is 714. The molecule has 0 unspecified atom stereocenters. The molecule has 126 valence electrons. The Hall–Kier alpha value is -2.49. The zero-order valence-electron chi connectivity index (χ0n) is 14.3. The predicted octanol–water partition coefficient (Wildman–Crippen LogP) is 3.87. The highest BCUT2D eigenvalue weighted by atomic mass is 16.5. The number of amides is 1. The molecule has 0 saturated heterocycles. The van der Waals surface area contributed by atoms with E-state index in [1.54, 1.807) is 0 Å². The van der Waals surface area contributed by atoms with Gasteiger partial charge >= 0.3 is 0 Å². The van der Waals surface area contributed by atoms with Gasteiger partial charge in [-0.05, 0) is 50.5 Å². The van der Waals surface area contributed by atoms with Gasteiger partial charge in [0.15, 0.2) is 0 Å². The van der Waals surface area contributed by atoms with Crippen LogP contribution < -0.4 is 15.0 Å². The quantitative estimate of drug-likeness (QED) is 0.908. The van der Waals surface area contributed by atoms with E-state index in [1.165, 1.54) is 11.3 Å². The minimum atomic E-state index is -0.0225. The molecule has 0 fully saturated rings. The van der Waals surface area contributed by atoms with Crippen molar-refractivity contribution in [2.45, 2.75) is 32.7 Å². The molecule has 0 radical (unpaired) electrons. The van der Waals surface area contributed by atoms with Crippen LogP contribution in [0.1, 0.15) is 25.8 Å². The first-order valence-corrected chi connectivity index (χ1v) is 8.55. The fraction of sp³-hybridized carbons (Fsp3) is 0.350. The number of ether oxygens (including phenoxy) is 1. The van der Waals surface area contributed by atoms with Crippen LogP contribution in [-0.2, 0) is 11.2 Å². The summed E-state index contributed by atoms with van der Waals surface area (Å²) in [5.74, 6) is 0.686. The largest absolute Gasteiger partial charge is 0.492 e. The van der Waals surface area contributed by atoms with Gasteiger partial charge in [-0.2, -0.15) is 0 Å². The minimum Gasteiger partial charge on any atom is -0.492 e. The van der Waals surface area contributed by atoms with Gasteiger partial charge in [-0.3, -0.25) is 4.79 Å². The van der Waals surface area contributed by atoms with Crippen LogP contribution >= 0.6 is 0 Å². The zero-order valence-corrected chi connectivity index (χ0v) is 14.3. The first-order valence-electron chi connectivity index (χ1n) is 8.55. The van der Waals surface area contributed by atoms with E-state index in [4.69, 9.17) is 4.74 Å². The molecule has 2 aromatic rings. The molecule has 1 atom stereocenters. The number of fused-ring (bicyclic) bond motifs is 1. The molecule has 2 aromatic carbocycles. The Labute approximate surface area is 143 Å². The van der Waals surface area contributed by atoms with E-state index >= 15 is 0 Å². The van der Waals surface area contributed by atoms with Crippen LogP contribution in [0.15, 0.2) is 48.5 Å². The molecule has 0 spiro atoms. The highest BCUT2D eigenvalue weighted by Crippen LogP contribution is 2.30. The standard InChI is InChI=1S/C20H24N2O2/c1-3-24-19-11-7-5-9-17(19)21-20(23)14-22-15(2)12-13-16-8-4-6-10-18(16)22/h4-11,15H,3,12-14H2,1-2H3,(H,21,23)/t15-/m1/s1. The summed E-state index contributed by atoms with van der Waals surface area (Å²) < 4.78 is 5.58. The van der Waals surface area contributed by atoms with Crippen LogP contribution in [0.25, 0.3) is 0 Å². The van der Waals surface area contributed by atoms with Gasteiger partial charge in [0, 0.05) is 11.7 Å².